The molecule has 0 saturated carbocycles. The first-order valence-corrected chi connectivity index (χ1v) is 8.33. The Hall–Kier alpha value is -2.03. The molecular weight excluding hydrogens is 324 g/mol. The van der Waals surface area contributed by atoms with E-state index in [1.165, 1.54) is 23.9 Å². The van der Waals surface area contributed by atoms with E-state index in [9.17, 15) is 19.8 Å². The molecule has 9 heteroatoms. The van der Waals surface area contributed by atoms with E-state index in [1.807, 2.05) is 6.26 Å². The Balaban J connectivity index is 2.76. The molecule has 1 rings (SSSR count). The summed E-state index contributed by atoms with van der Waals surface area (Å²) in [6.07, 6.45) is 1.42. The molecule has 8 nitrogen and oxygen atoms in total. The van der Waals surface area contributed by atoms with Gasteiger partial charge in [-0.25, -0.2) is 9.59 Å². The zero-order valence-electron chi connectivity index (χ0n) is 13.5. The number of carbonyl (C=O) groups excluding carboxylic acids is 2. The number of aromatic nitrogens is 1. The molecule has 1 amide bonds. The lowest BCUT2D eigenvalue weighted by molar-refractivity contribution is -0.148. The average Bonchev–Trinajstić information content (AvgIpc) is 2.73. The van der Waals surface area contributed by atoms with Crippen LogP contribution < -0.4 is 10.2 Å². The van der Waals surface area contributed by atoms with Crippen LogP contribution in [0.15, 0.2) is 12.1 Å². The summed E-state index contributed by atoms with van der Waals surface area (Å²) in [5, 5.41) is 21.4. The van der Waals surface area contributed by atoms with Crippen LogP contribution in [0.5, 0.6) is 11.8 Å². The van der Waals surface area contributed by atoms with E-state index in [0.717, 1.165) is 0 Å². The molecule has 1 aromatic rings. The third-order valence-corrected chi connectivity index (χ3v) is 3.21. The first kappa shape index (κ1) is 19.0. The molecule has 0 aliphatic rings. The van der Waals surface area contributed by atoms with Crippen molar-refractivity contribution in [2.45, 2.75) is 38.8 Å². The lowest BCUT2D eigenvalue weighted by Gasteiger charge is -2.22. The SMILES string of the molecule is CSCC[C@H](NC(=O)OC(C)(C)C)C(=O)On1c(O)ccc1O. The van der Waals surface area contributed by atoms with Crippen molar-refractivity contribution in [3.05, 3.63) is 12.1 Å². The topological polar surface area (TPSA) is 110 Å². The fourth-order valence-corrected chi connectivity index (χ4v) is 2.05. The molecule has 0 saturated heterocycles. The van der Waals surface area contributed by atoms with Gasteiger partial charge in [0, 0.05) is 12.1 Å². The van der Waals surface area contributed by atoms with Crippen LogP contribution in [-0.2, 0) is 9.53 Å². The second-order valence-corrected chi connectivity index (χ2v) is 6.72. The van der Waals surface area contributed by atoms with Crippen LogP contribution >= 0.6 is 11.8 Å². The van der Waals surface area contributed by atoms with Crippen LogP contribution in [0.1, 0.15) is 27.2 Å². The third-order valence-electron chi connectivity index (χ3n) is 2.57. The highest BCUT2D eigenvalue weighted by atomic mass is 32.2. The summed E-state index contributed by atoms with van der Waals surface area (Å²) in [6.45, 7) is 5.12. The number of thioether (sulfide) groups is 1. The maximum absolute atomic E-state index is 12.2. The number of rotatable bonds is 6. The molecule has 0 fully saturated rings. The molecule has 0 radical (unpaired) electrons. The highest BCUT2D eigenvalue weighted by Crippen LogP contribution is 2.19. The van der Waals surface area contributed by atoms with E-state index >= 15 is 0 Å². The number of alkyl carbamates (subject to hydrolysis) is 1. The van der Waals surface area contributed by atoms with E-state index in [-0.39, 0.29) is 0 Å². The highest BCUT2D eigenvalue weighted by molar-refractivity contribution is 7.98. The van der Waals surface area contributed by atoms with E-state index in [2.05, 4.69) is 5.32 Å². The quantitative estimate of drug-likeness (QED) is 0.716. The van der Waals surface area contributed by atoms with Crippen molar-refractivity contribution in [2.75, 3.05) is 12.0 Å². The van der Waals surface area contributed by atoms with Crippen molar-refractivity contribution >= 4 is 23.8 Å². The first-order valence-electron chi connectivity index (χ1n) is 6.94. The molecule has 0 aromatic carbocycles. The van der Waals surface area contributed by atoms with Gasteiger partial charge in [-0.15, -0.1) is 4.73 Å². The van der Waals surface area contributed by atoms with Crippen molar-refractivity contribution in [3.63, 3.8) is 0 Å². The fraction of sp³-hybridized carbons (Fsp3) is 0.571. The summed E-state index contributed by atoms with van der Waals surface area (Å²) in [4.78, 5) is 28.9. The van der Waals surface area contributed by atoms with E-state index in [4.69, 9.17) is 9.57 Å². The van der Waals surface area contributed by atoms with Crippen LogP contribution in [0.4, 0.5) is 4.79 Å². The molecule has 130 valence electrons. The number of aromatic hydroxyl groups is 2. The summed E-state index contributed by atoms with van der Waals surface area (Å²) >= 11 is 1.50. The maximum atomic E-state index is 12.2. The van der Waals surface area contributed by atoms with Gasteiger partial charge in [-0.05, 0) is 39.2 Å². The number of hydrogen-bond donors (Lipinski definition) is 3. The van der Waals surface area contributed by atoms with Crippen LogP contribution in [-0.4, -0.2) is 50.7 Å². The van der Waals surface area contributed by atoms with Crippen molar-refractivity contribution in [3.8, 4) is 11.8 Å². The van der Waals surface area contributed by atoms with Crippen LogP contribution in [0, 0.1) is 0 Å². The van der Waals surface area contributed by atoms with Gasteiger partial charge in [0.25, 0.3) is 0 Å². The molecule has 0 aliphatic carbocycles. The van der Waals surface area contributed by atoms with Gasteiger partial charge in [0.1, 0.15) is 11.6 Å². The lowest BCUT2D eigenvalue weighted by atomic mass is 10.2. The van der Waals surface area contributed by atoms with E-state index in [1.54, 1.807) is 20.8 Å². The Labute approximate surface area is 138 Å². The summed E-state index contributed by atoms with van der Waals surface area (Å²) in [5.74, 6) is -1.10. The second-order valence-electron chi connectivity index (χ2n) is 5.73. The smallest absolute Gasteiger partial charge is 0.408 e. The van der Waals surface area contributed by atoms with E-state index in [0.29, 0.717) is 16.9 Å². The van der Waals surface area contributed by atoms with Crippen molar-refractivity contribution in [1.29, 1.82) is 0 Å². The normalized spacial score (nSPS) is 12.5. The number of nitrogens with zero attached hydrogens (tertiary/aromatic N) is 1. The molecule has 1 atom stereocenters. The van der Waals surface area contributed by atoms with Gasteiger partial charge in [0.05, 0.1) is 0 Å². The van der Waals surface area contributed by atoms with Crippen LogP contribution in [0.25, 0.3) is 0 Å². The Morgan fingerprint density at radius 3 is 2.35 bits per heavy atom. The van der Waals surface area contributed by atoms with Crippen LogP contribution in [0.2, 0.25) is 0 Å². The Bertz CT molecular complexity index is 532. The largest absolute Gasteiger partial charge is 0.492 e. The molecule has 1 heterocycles. The molecule has 0 bridgehead atoms. The third kappa shape index (κ3) is 6.31. The zero-order valence-corrected chi connectivity index (χ0v) is 14.3. The van der Waals surface area contributed by atoms with Gasteiger partial charge in [0.15, 0.2) is 0 Å². The lowest BCUT2D eigenvalue weighted by Crippen LogP contribution is -2.46. The zero-order chi connectivity index (χ0) is 17.6. The van der Waals surface area contributed by atoms with Gasteiger partial charge in [-0.3, -0.25) is 0 Å². The fourth-order valence-electron chi connectivity index (χ4n) is 1.58. The van der Waals surface area contributed by atoms with Gasteiger partial charge >= 0.3 is 12.1 Å². The van der Waals surface area contributed by atoms with Gasteiger partial charge in [-0.2, -0.15) is 11.8 Å². The Morgan fingerprint density at radius 1 is 1.30 bits per heavy atom. The number of ether oxygens (including phenoxy) is 1. The Kier molecular flexibility index (Phi) is 6.62. The maximum Gasteiger partial charge on any atom is 0.408 e. The summed E-state index contributed by atoms with van der Waals surface area (Å²) in [6, 6.07) is 1.36. The second kappa shape index (κ2) is 8.00. The van der Waals surface area contributed by atoms with Gasteiger partial charge in [0.2, 0.25) is 11.8 Å². The summed E-state index contributed by atoms with van der Waals surface area (Å²) in [7, 11) is 0. The first-order chi connectivity index (χ1) is 10.6. The minimum absolute atomic E-state index is 0.308. The summed E-state index contributed by atoms with van der Waals surface area (Å²) < 4.78 is 5.69. The molecule has 1 aromatic heterocycles. The molecule has 0 spiro atoms. The van der Waals surface area contributed by atoms with Crippen molar-refractivity contribution in [1.82, 2.24) is 10.0 Å². The molecule has 3 N–H and O–H groups in total. The minimum atomic E-state index is -0.974. The van der Waals surface area contributed by atoms with Crippen molar-refractivity contribution < 1.29 is 29.4 Å². The minimum Gasteiger partial charge on any atom is -0.492 e. The number of nitrogens with one attached hydrogen (secondary N) is 1. The predicted octanol–water partition coefficient (Wildman–Crippen LogP) is 1.50. The molecular formula is C14H22N2O6S. The molecule has 0 unspecified atom stereocenters. The molecule has 0 aliphatic heterocycles. The standard InChI is InChI=1S/C14H22N2O6S/c1-14(2,3)21-13(20)15-9(7-8-23-4)12(19)22-16-10(17)5-6-11(16)18/h5-6,9,17-18H,7-8H2,1-4H3,(H,15,20)/t9-/m0/s1. The number of carbonyl (C=O) groups is 2. The van der Waals surface area contributed by atoms with E-state index < -0.39 is 35.5 Å². The predicted molar refractivity (Wildman–Crippen MR) is 85.5 cm³/mol. The highest BCUT2D eigenvalue weighted by Gasteiger charge is 2.27. The molecule has 23 heavy (non-hydrogen) atoms. The number of hydrogen-bond acceptors (Lipinski definition) is 7. The average molecular weight is 346 g/mol. The number of amides is 1. The van der Waals surface area contributed by atoms with Crippen molar-refractivity contribution in [2.24, 2.45) is 0 Å². The van der Waals surface area contributed by atoms with Gasteiger partial charge < -0.3 is 25.1 Å². The summed E-state index contributed by atoms with van der Waals surface area (Å²) in [5.41, 5.74) is -0.699. The Morgan fingerprint density at radius 2 is 1.87 bits per heavy atom. The monoisotopic (exact) mass is 346 g/mol. The van der Waals surface area contributed by atoms with Crippen LogP contribution in [0.3, 0.4) is 0 Å². The van der Waals surface area contributed by atoms with Gasteiger partial charge in [-0.1, -0.05) is 0 Å².